The number of carbonyl (C=O) groups excluding carboxylic acids is 1. The van der Waals surface area contributed by atoms with Gasteiger partial charge in [-0.15, -0.1) is 0 Å². The Bertz CT molecular complexity index is 1710. The molecule has 0 amide bonds. The lowest BCUT2D eigenvalue weighted by Gasteiger charge is -2.27. The largest absolute Gasteiger partial charge is 0.478 e. The molecule has 0 aliphatic carbocycles. The molecule has 0 aliphatic rings. The molecular weight excluding hydrogens is 602 g/mol. The summed E-state index contributed by atoms with van der Waals surface area (Å²) in [4.78, 5) is 24.3. The predicted octanol–water partition coefficient (Wildman–Crippen LogP) is 6.11. The lowest BCUT2D eigenvalue weighted by molar-refractivity contribution is -0.160. The van der Waals surface area contributed by atoms with Crippen molar-refractivity contribution in [1.82, 2.24) is 5.32 Å². The number of rotatable bonds is 11. The second-order valence-corrected chi connectivity index (χ2v) is 13.7. The van der Waals surface area contributed by atoms with Crippen LogP contribution < -0.4 is 5.32 Å². The van der Waals surface area contributed by atoms with Crippen LogP contribution in [0.15, 0.2) is 107 Å². The van der Waals surface area contributed by atoms with Gasteiger partial charge in [0.2, 0.25) is 9.84 Å². The van der Waals surface area contributed by atoms with Crippen LogP contribution in [0.3, 0.4) is 0 Å². The van der Waals surface area contributed by atoms with Crippen LogP contribution in [0.1, 0.15) is 48.4 Å². The van der Waals surface area contributed by atoms with Crippen molar-refractivity contribution in [2.75, 3.05) is 6.54 Å². The van der Waals surface area contributed by atoms with Gasteiger partial charge >= 0.3 is 11.9 Å². The predicted molar refractivity (Wildman–Crippen MR) is 168 cm³/mol. The van der Waals surface area contributed by atoms with E-state index in [0.29, 0.717) is 23.6 Å². The Balaban J connectivity index is 1.42. The first kappa shape index (κ1) is 32.9. The molecule has 1 unspecified atom stereocenters. The Labute approximate surface area is 262 Å². The van der Waals surface area contributed by atoms with Gasteiger partial charge in [0.15, 0.2) is 0 Å². The number of benzene rings is 4. The fourth-order valence-electron chi connectivity index (χ4n) is 4.55. The van der Waals surface area contributed by atoms with Crippen LogP contribution in [0.5, 0.6) is 0 Å². The molecule has 230 valence electrons. The van der Waals surface area contributed by atoms with E-state index in [1.165, 1.54) is 36.4 Å². The minimum absolute atomic E-state index is 0.132. The number of sulfone groups is 1. The van der Waals surface area contributed by atoms with E-state index in [4.69, 9.17) is 21.4 Å². The summed E-state index contributed by atoms with van der Waals surface area (Å²) in [7, 11) is -3.78. The molecule has 0 saturated carbocycles. The lowest BCUT2D eigenvalue weighted by Crippen LogP contribution is -2.46. The zero-order chi connectivity index (χ0) is 32.1. The number of aromatic carboxylic acids is 1. The Kier molecular flexibility index (Phi) is 10.3. The number of carboxylic acids is 1. The summed E-state index contributed by atoms with van der Waals surface area (Å²) in [6.45, 7) is 5.56. The molecule has 0 aliphatic heterocycles. The van der Waals surface area contributed by atoms with Gasteiger partial charge in [-0.1, -0.05) is 60.1 Å². The normalized spacial score (nSPS) is 13.2. The number of carbonyl (C=O) groups is 2. The summed E-state index contributed by atoms with van der Waals surface area (Å²) in [5.41, 5.74) is 2.25. The van der Waals surface area contributed by atoms with Gasteiger partial charge in [0.1, 0.15) is 17.7 Å². The van der Waals surface area contributed by atoms with Crippen molar-refractivity contribution in [3.05, 3.63) is 119 Å². The van der Waals surface area contributed by atoms with Crippen LogP contribution in [-0.4, -0.2) is 48.8 Å². The fraction of sp³-hybridized carbons (Fsp3) is 0.235. The monoisotopic (exact) mass is 635 g/mol. The third-order valence-corrected chi connectivity index (χ3v) is 8.83. The molecule has 0 fully saturated rings. The molecule has 0 radical (unpaired) electrons. The topological polar surface area (TPSA) is 130 Å². The molecule has 0 saturated heterocycles. The number of aliphatic hydroxyl groups is 1. The minimum Gasteiger partial charge on any atom is -0.478 e. The number of nitrogens with one attached hydrogen (secondary N) is 1. The molecule has 0 spiro atoms. The summed E-state index contributed by atoms with van der Waals surface area (Å²) < 4.78 is 32.1. The van der Waals surface area contributed by atoms with E-state index in [1.54, 1.807) is 81.4 Å². The molecule has 0 aromatic heterocycles. The van der Waals surface area contributed by atoms with Gasteiger partial charge in [0.05, 0.1) is 15.4 Å². The van der Waals surface area contributed by atoms with E-state index >= 15 is 0 Å². The van der Waals surface area contributed by atoms with E-state index in [2.05, 4.69) is 5.32 Å². The van der Waals surface area contributed by atoms with Crippen LogP contribution in [-0.2, 0) is 25.8 Å². The quantitative estimate of drug-likeness (QED) is 0.168. The van der Waals surface area contributed by atoms with Gasteiger partial charge in [-0.25, -0.2) is 13.2 Å². The minimum atomic E-state index is -3.78. The summed E-state index contributed by atoms with van der Waals surface area (Å²) in [5.74, 6) is -1.62. The standard InChI is InChI=1S/C34H34ClNO7S/c1-34(2,3)43-33(40)30(31(37)26-5-4-6-27(35)21-26)36-20-19-22-7-15-28(16-8-22)44(41,42)29-17-13-24(14-18-29)23-9-11-25(12-10-23)32(38)39/h4-18,21,30-31,36-37H,19-20H2,1-3H3,(H,38,39)/t30?,31-/m1/s1. The second-order valence-electron chi connectivity index (χ2n) is 11.3. The molecule has 2 atom stereocenters. The van der Waals surface area contributed by atoms with Gasteiger partial charge in [0, 0.05) is 11.6 Å². The van der Waals surface area contributed by atoms with Crippen molar-refractivity contribution >= 4 is 33.4 Å². The van der Waals surface area contributed by atoms with Crippen molar-refractivity contribution in [3.8, 4) is 11.1 Å². The van der Waals surface area contributed by atoms with Gasteiger partial charge in [-0.2, -0.15) is 0 Å². The lowest BCUT2D eigenvalue weighted by atomic mass is 10.0. The molecule has 4 rings (SSSR count). The number of carboxylic acid groups (broad SMARTS) is 1. The Morgan fingerprint density at radius 3 is 1.93 bits per heavy atom. The maximum atomic E-state index is 13.3. The van der Waals surface area contributed by atoms with Crippen molar-refractivity contribution < 1.29 is 33.0 Å². The molecule has 10 heteroatoms. The highest BCUT2D eigenvalue weighted by Crippen LogP contribution is 2.26. The van der Waals surface area contributed by atoms with Crippen molar-refractivity contribution in [2.24, 2.45) is 0 Å². The van der Waals surface area contributed by atoms with Crippen molar-refractivity contribution in [2.45, 2.75) is 54.7 Å². The Morgan fingerprint density at radius 2 is 1.41 bits per heavy atom. The van der Waals surface area contributed by atoms with E-state index in [1.807, 2.05) is 0 Å². The second kappa shape index (κ2) is 13.7. The summed E-state index contributed by atoms with van der Waals surface area (Å²) in [6.07, 6.45) is -0.747. The molecule has 0 bridgehead atoms. The Morgan fingerprint density at radius 1 is 0.864 bits per heavy atom. The van der Waals surface area contributed by atoms with Gasteiger partial charge in [0.25, 0.3) is 0 Å². The zero-order valence-electron chi connectivity index (χ0n) is 24.5. The molecular formula is C34H34ClNO7S. The maximum absolute atomic E-state index is 13.3. The molecule has 4 aromatic carbocycles. The first-order valence-corrected chi connectivity index (χ1v) is 15.8. The van der Waals surface area contributed by atoms with Crippen LogP contribution >= 0.6 is 11.6 Å². The van der Waals surface area contributed by atoms with Crippen molar-refractivity contribution in [3.63, 3.8) is 0 Å². The third kappa shape index (κ3) is 8.33. The number of aliphatic hydroxyl groups excluding tert-OH is 1. The third-order valence-electron chi connectivity index (χ3n) is 6.81. The summed E-state index contributed by atoms with van der Waals surface area (Å²) >= 11 is 6.09. The number of hydrogen-bond acceptors (Lipinski definition) is 7. The number of ether oxygens (including phenoxy) is 1. The van der Waals surface area contributed by atoms with E-state index in [9.17, 15) is 23.1 Å². The molecule has 3 N–H and O–H groups in total. The maximum Gasteiger partial charge on any atom is 0.335 e. The average Bonchev–Trinajstić information content (AvgIpc) is 2.98. The highest BCUT2D eigenvalue weighted by Gasteiger charge is 2.32. The zero-order valence-corrected chi connectivity index (χ0v) is 26.1. The van der Waals surface area contributed by atoms with Crippen LogP contribution in [0.4, 0.5) is 0 Å². The molecule has 44 heavy (non-hydrogen) atoms. The number of hydrogen-bond donors (Lipinski definition) is 3. The molecule has 4 aromatic rings. The van der Waals surface area contributed by atoms with Gasteiger partial charge in [-0.3, -0.25) is 4.79 Å². The average molecular weight is 636 g/mol. The number of esters is 1. The number of halogens is 1. The van der Waals surface area contributed by atoms with E-state index in [0.717, 1.165) is 16.7 Å². The fourth-order valence-corrected chi connectivity index (χ4v) is 6.01. The Hall–Kier alpha value is -4.02. The summed E-state index contributed by atoms with van der Waals surface area (Å²) in [6, 6.07) is 24.8. The van der Waals surface area contributed by atoms with Crippen LogP contribution in [0, 0.1) is 0 Å². The van der Waals surface area contributed by atoms with E-state index in [-0.39, 0.29) is 15.4 Å². The first-order chi connectivity index (χ1) is 20.7. The van der Waals surface area contributed by atoms with Crippen LogP contribution in [0.25, 0.3) is 11.1 Å². The highest BCUT2D eigenvalue weighted by atomic mass is 35.5. The molecule has 0 heterocycles. The first-order valence-electron chi connectivity index (χ1n) is 13.9. The SMILES string of the molecule is CC(C)(C)OC(=O)C(NCCc1ccc(S(=O)(=O)c2ccc(-c3ccc(C(=O)O)cc3)cc2)cc1)[C@H](O)c1cccc(Cl)c1. The van der Waals surface area contributed by atoms with Gasteiger partial charge in [-0.05, 0) is 98.0 Å². The molecule has 8 nitrogen and oxygen atoms in total. The smallest absolute Gasteiger partial charge is 0.335 e. The van der Waals surface area contributed by atoms with Crippen LogP contribution in [0.2, 0.25) is 5.02 Å². The summed E-state index contributed by atoms with van der Waals surface area (Å²) in [5, 5.41) is 23.6. The van der Waals surface area contributed by atoms with E-state index < -0.39 is 39.5 Å². The highest BCUT2D eigenvalue weighted by molar-refractivity contribution is 7.91. The van der Waals surface area contributed by atoms with Gasteiger partial charge < -0.3 is 20.3 Å². The van der Waals surface area contributed by atoms with Crippen molar-refractivity contribution in [1.29, 1.82) is 0 Å².